The predicted molar refractivity (Wildman–Crippen MR) is 67.3 cm³/mol. The van der Waals surface area contributed by atoms with Crippen LogP contribution in [0.1, 0.15) is 16.1 Å². The van der Waals surface area contributed by atoms with Crippen molar-refractivity contribution >= 4 is 21.7 Å². The topological polar surface area (TPSA) is 48.7 Å². The van der Waals surface area contributed by atoms with E-state index in [-0.39, 0.29) is 5.78 Å². The molecule has 0 fully saturated rings. The predicted octanol–water partition coefficient (Wildman–Crippen LogP) is 3.04. The molecule has 1 aliphatic heterocycles. The van der Waals surface area contributed by atoms with Crippen LogP contribution in [0.3, 0.4) is 0 Å². The largest absolute Gasteiger partial charge is 0.486 e. The molecular weight excluding hydrogens is 300 g/mol. The molecule has 0 saturated carbocycles. The van der Waals surface area contributed by atoms with Crippen molar-refractivity contribution in [2.75, 3.05) is 13.2 Å². The van der Waals surface area contributed by atoms with Gasteiger partial charge in [0.1, 0.15) is 13.2 Å². The van der Waals surface area contributed by atoms with Crippen LogP contribution in [-0.4, -0.2) is 19.0 Å². The highest BCUT2D eigenvalue weighted by Gasteiger charge is 2.20. The van der Waals surface area contributed by atoms with Gasteiger partial charge in [0.2, 0.25) is 5.78 Å². The first-order valence-corrected chi connectivity index (χ1v) is 6.22. The first kappa shape index (κ1) is 11.3. The Balaban J connectivity index is 2.04. The second kappa shape index (κ2) is 4.49. The highest BCUT2D eigenvalue weighted by Crippen LogP contribution is 2.36. The lowest BCUT2D eigenvalue weighted by molar-refractivity contribution is 0.101. The lowest BCUT2D eigenvalue weighted by atomic mass is 10.1. The third kappa shape index (κ3) is 1.90. The van der Waals surface area contributed by atoms with E-state index in [4.69, 9.17) is 13.9 Å². The summed E-state index contributed by atoms with van der Waals surface area (Å²) in [5.74, 6) is 1.33. The minimum atomic E-state index is -0.191. The maximum atomic E-state index is 12.2. The smallest absolute Gasteiger partial charge is 0.229 e. The van der Waals surface area contributed by atoms with E-state index in [1.165, 1.54) is 6.26 Å². The van der Waals surface area contributed by atoms with Gasteiger partial charge in [-0.25, -0.2) is 0 Å². The number of ketones is 1. The highest BCUT2D eigenvalue weighted by atomic mass is 79.9. The number of carbonyl (C=O) groups excluding carboxylic acids is 1. The van der Waals surface area contributed by atoms with Crippen LogP contribution in [0.15, 0.2) is 39.4 Å². The first-order chi connectivity index (χ1) is 8.75. The fourth-order valence-corrected chi connectivity index (χ4v) is 2.28. The van der Waals surface area contributed by atoms with Crippen molar-refractivity contribution in [3.63, 3.8) is 0 Å². The number of carbonyl (C=O) groups is 1. The van der Waals surface area contributed by atoms with Crippen LogP contribution in [0.5, 0.6) is 11.5 Å². The van der Waals surface area contributed by atoms with E-state index >= 15 is 0 Å². The molecule has 0 N–H and O–H groups in total. The molecule has 0 unspecified atom stereocenters. The molecule has 2 heterocycles. The van der Waals surface area contributed by atoms with E-state index in [0.717, 1.165) is 0 Å². The number of fused-ring (bicyclic) bond motifs is 1. The first-order valence-electron chi connectivity index (χ1n) is 5.43. The van der Waals surface area contributed by atoms with E-state index in [2.05, 4.69) is 15.9 Å². The van der Waals surface area contributed by atoms with E-state index < -0.39 is 0 Å². The molecule has 0 amide bonds. The number of ether oxygens (including phenoxy) is 2. The van der Waals surface area contributed by atoms with Gasteiger partial charge in [-0.2, -0.15) is 0 Å². The van der Waals surface area contributed by atoms with Gasteiger partial charge in [-0.15, -0.1) is 0 Å². The molecular formula is C13H9BrO4. The van der Waals surface area contributed by atoms with Crippen LogP contribution < -0.4 is 9.47 Å². The van der Waals surface area contributed by atoms with Gasteiger partial charge < -0.3 is 13.9 Å². The van der Waals surface area contributed by atoms with Crippen molar-refractivity contribution in [2.24, 2.45) is 0 Å². The third-order valence-corrected chi connectivity index (χ3v) is 3.28. The summed E-state index contributed by atoms with van der Waals surface area (Å²) in [6.07, 6.45) is 1.47. The molecule has 2 aromatic rings. The van der Waals surface area contributed by atoms with Crippen molar-refractivity contribution in [3.05, 3.63) is 46.3 Å². The van der Waals surface area contributed by atoms with Crippen LogP contribution in [0.2, 0.25) is 0 Å². The summed E-state index contributed by atoms with van der Waals surface area (Å²) in [4.78, 5) is 12.2. The average Bonchev–Trinajstić information content (AvgIpc) is 2.91. The zero-order chi connectivity index (χ0) is 12.5. The van der Waals surface area contributed by atoms with Crippen LogP contribution in [0, 0.1) is 0 Å². The number of hydrogen-bond acceptors (Lipinski definition) is 4. The molecule has 18 heavy (non-hydrogen) atoms. The van der Waals surface area contributed by atoms with Crippen molar-refractivity contribution < 1.29 is 18.7 Å². The Morgan fingerprint density at radius 2 is 1.89 bits per heavy atom. The minimum absolute atomic E-state index is 0.191. The summed E-state index contributed by atoms with van der Waals surface area (Å²) in [7, 11) is 0. The molecule has 0 aliphatic carbocycles. The van der Waals surface area contributed by atoms with Crippen molar-refractivity contribution in [1.29, 1.82) is 0 Å². The summed E-state index contributed by atoms with van der Waals surface area (Å²) in [5.41, 5.74) is 0.495. The van der Waals surface area contributed by atoms with Crippen LogP contribution in [0.25, 0.3) is 0 Å². The number of halogens is 1. The van der Waals surface area contributed by atoms with Crippen LogP contribution >= 0.6 is 15.9 Å². The zero-order valence-corrected chi connectivity index (χ0v) is 10.9. The summed E-state index contributed by atoms with van der Waals surface area (Å²) in [5, 5.41) is 0. The average molecular weight is 309 g/mol. The molecule has 0 saturated heterocycles. The molecule has 0 bridgehead atoms. The Kier molecular flexibility index (Phi) is 2.83. The summed E-state index contributed by atoms with van der Waals surface area (Å²) in [6.45, 7) is 1.01. The Morgan fingerprint density at radius 1 is 1.17 bits per heavy atom. The van der Waals surface area contributed by atoms with Crippen LogP contribution in [-0.2, 0) is 0 Å². The second-order valence-corrected chi connectivity index (χ2v) is 4.64. The summed E-state index contributed by atoms with van der Waals surface area (Å²) < 4.78 is 16.7. The molecule has 1 aliphatic rings. The molecule has 0 radical (unpaired) electrons. The quantitative estimate of drug-likeness (QED) is 0.800. The number of benzene rings is 1. The second-order valence-electron chi connectivity index (χ2n) is 3.78. The molecule has 0 atom stereocenters. The van der Waals surface area contributed by atoms with Gasteiger partial charge in [-0.3, -0.25) is 4.79 Å². The Labute approximate surface area is 112 Å². The Bertz CT molecular complexity index is 589. The van der Waals surface area contributed by atoms with Gasteiger partial charge in [0.25, 0.3) is 0 Å². The SMILES string of the molecule is O=C(c1ccco1)c1cc2c(cc1Br)OCCO2. The third-order valence-electron chi connectivity index (χ3n) is 2.62. The molecule has 1 aromatic heterocycles. The fraction of sp³-hybridized carbons (Fsp3) is 0.154. The molecule has 5 heteroatoms. The molecule has 3 rings (SSSR count). The van der Waals surface area contributed by atoms with Crippen molar-refractivity contribution in [2.45, 2.75) is 0 Å². The molecule has 4 nitrogen and oxygen atoms in total. The maximum Gasteiger partial charge on any atom is 0.229 e. The standard InChI is InChI=1S/C13H9BrO4/c14-9-7-12-11(17-4-5-18-12)6-8(9)13(15)10-2-1-3-16-10/h1-3,6-7H,4-5H2. The van der Waals surface area contributed by atoms with E-state index in [9.17, 15) is 4.79 Å². The van der Waals surface area contributed by atoms with E-state index in [1.54, 1.807) is 24.3 Å². The highest BCUT2D eigenvalue weighted by molar-refractivity contribution is 9.10. The van der Waals surface area contributed by atoms with E-state index in [0.29, 0.717) is 40.5 Å². The van der Waals surface area contributed by atoms with E-state index in [1.807, 2.05) is 0 Å². The number of rotatable bonds is 2. The van der Waals surface area contributed by atoms with Gasteiger partial charge in [-0.05, 0) is 40.2 Å². The summed E-state index contributed by atoms with van der Waals surface area (Å²) >= 11 is 3.36. The van der Waals surface area contributed by atoms with Crippen LogP contribution in [0.4, 0.5) is 0 Å². The van der Waals surface area contributed by atoms with Gasteiger partial charge in [0.05, 0.1) is 6.26 Å². The van der Waals surface area contributed by atoms with Crippen molar-refractivity contribution in [3.8, 4) is 11.5 Å². The molecule has 92 valence electrons. The van der Waals surface area contributed by atoms with Gasteiger partial charge in [0, 0.05) is 10.0 Å². The zero-order valence-electron chi connectivity index (χ0n) is 9.31. The number of furan rings is 1. The molecule has 1 aromatic carbocycles. The minimum Gasteiger partial charge on any atom is -0.486 e. The normalized spacial score (nSPS) is 13.4. The van der Waals surface area contributed by atoms with Gasteiger partial charge >= 0.3 is 0 Å². The fourth-order valence-electron chi connectivity index (χ4n) is 1.78. The van der Waals surface area contributed by atoms with Gasteiger partial charge in [0.15, 0.2) is 17.3 Å². The molecule has 0 spiro atoms. The number of hydrogen-bond donors (Lipinski definition) is 0. The maximum absolute atomic E-state index is 12.2. The monoisotopic (exact) mass is 308 g/mol. The Morgan fingerprint density at radius 3 is 2.56 bits per heavy atom. The lowest BCUT2D eigenvalue weighted by Crippen LogP contribution is -2.16. The van der Waals surface area contributed by atoms with Crippen molar-refractivity contribution in [1.82, 2.24) is 0 Å². The lowest BCUT2D eigenvalue weighted by Gasteiger charge is -2.19. The van der Waals surface area contributed by atoms with Gasteiger partial charge in [-0.1, -0.05) is 0 Å². The Hall–Kier alpha value is -1.75. The summed E-state index contributed by atoms with van der Waals surface area (Å²) in [6, 6.07) is 6.72.